The zero-order chi connectivity index (χ0) is 19.8. The summed E-state index contributed by atoms with van der Waals surface area (Å²) in [5, 5.41) is 0.220. The van der Waals surface area contributed by atoms with Crippen molar-refractivity contribution in [3.8, 4) is 5.75 Å². The summed E-state index contributed by atoms with van der Waals surface area (Å²) < 4.78 is 24.1. The Bertz CT molecular complexity index is 589. The lowest BCUT2D eigenvalue weighted by Gasteiger charge is -2.36. The number of rotatable bonds is 6. The Morgan fingerprint density at radius 3 is 1.88 bits per heavy atom. The van der Waals surface area contributed by atoms with Crippen LogP contribution >= 0.6 is 0 Å². The number of hydrogen-bond donors (Lipinski definition) is 0. The zero-order valence-electron chi connectivity index (χ0n) is 17.9. The molecule has 1 heterocycles. The van der Waals surface area contributed by atoms with Crippen LogP contribution in [0.3, 0.4) is 0 Å². The van der Waals surface area contributed by atoms with Crippen molar-refractivity contribution in [2.75, 3.05) is 13.2 Å². The zero-order valence-corrected chi connectivity index (χ0v) is 18.9. The van der Waals surface area contributed by atoms with Gasteiger partial charge in [0.15, 0.2) is 8.32 Å². The van der Waals surface area contributed by atoms with E-state index in [0.29, 0.717) is 13.2 Å². The minimum absolute atomic E-state index is 0.220. The summed E-state index contributed by atoms with van der Waals surface area (Å²) in [6, 6.07) is 7.94. The molecule has 4 nitrogen and oxygen atoms in total. The summed E-state index contributed by atoms with van der Waals surface area (Å²) in [6.07, 6.45) is 0. The van der Waals surface area contributed by atoms with Crippen LogP contribution in [-0.4, -0.2) is 39.9 Å². The van der Waals surface area contributed by atoms with E-state index in [2.05, 4.69) is 61.6 Å². The average molecular weight is 378 g/mol. The molecule has 1 aliphatic heterocycles. The lowest BCUT2D eigenvalue weighted by atomic mass is 9.79. The summed E-state index contributed by atoms with van der Waals surface area (Å²) in [4.78, 5) is 0. The van der Waals surface area contributed by atoms with Crippen molar-refractivity contribution in [3.63, 3.8) is 0 Å². The van der Waals surface area contributed by atoms with Gasteiger partial charge >= 0.3 is 7.12 Å². The number of ether oxygens (including phenoxy) is 1. The molecule has 0 radical (unpaired) electrons. The van der Waals surface area contributed by atoms with Crippen LogP contribution < -0.4 is 10.2 Å². The monoisotopic (exact) mass is 378 g/mol. The van der Waals surface area contributed by atoms with Crippen LogP contribution in [0.15, 0.2) is 24.3 Å². The Morgan fingerprint density at radius 1 is 0.923 bits per heavy atom. The van der Waals surface area contributed by atoms with E-state index in [-0.39, 0.29) is 23.4 Å². The van der Waals surface area contributed by atoms with E-state index >= 15 is 0 Å². The summed E-state index contributed by atoms with van der Waals surface area (Å²) in [5.74, 6) is 0.837. The minimum Gasteiger partial charge on any atom is -0.491 e. The molecule has 1 saturated heterocycles. The molecule has 0 bridgehead atoms. The first-order chi connectivity index (χ1) is 11.8. The van der Waals surface area contributed by atoms with Crippen molar-refractivity contribution < 1.29 is 18.5 Å². The first-order valence-electron chi connectivity index (χ1n) is 9.48. The first-order valence-corrected chi connectivity index (χ1v) is 12.4. The highest BCUT2D eigenvalue weighted by atomic mass is 28.4. The van der Waals surface area contributed by atoms with Gasteiger partial charge in [0.25, 0.3) is 0 Å². The maximum Gasteiger partial charge on any atom is 0.494 e. The maximum absolute atomic E-state index is 6.14. The molecule has 26 heavy (non-hydrogen) atoms. The van der Waals surface area contributed by atoms with Crippen molar-refractivity contribution in [1.29, 1.82) is 0 Å². The largest absolute Gasteiger partial charge is 0.494 e. The molecule has 0 unspecified atom stereocenters. The van der Waals surface area contributed by atoms with E-state index in [9.17, 15) is 0 Å². The molecular formula is C20H35BO4Si. The lowest BCUT2D eigenvalue weighted by Crippen LogP contribution is -2.41. The molecule has 1 aliphatic rings. The third-order valence-corrected chi connectivity index (χ3v) is 10.6. The van der Waals surface area contributed by atoms with Crippen LogP contribution in [0, 0.1) is 0 Å². The van der Waals surface area contributed by atoms with Gasteiger partial charge in [-0.2, -0.15) is 0 Å². The van der Waals surface area contributed by atoms with Gasteiger partial charge in [-0.25, -0.2) is 0 Å². The number of benzene rings is 1. The van der Waals surface area contributed by atoms with E-state index in [0.717, 1.165) is 11.2 Å². The van der Waals surface area contributed by atoms with Gasteiger partial charge in [0.1, 0.15) is 12.4 Å². The van der Waals surface area contributed by atoms with Crippen molar-refractivity contribution >= 4 is 20.9 Å². The predicted octanol–water partition coefficient (Wildman–Crippen LogP) is 4.39. The lowest BCUT2D eigenvalue weighted by molar-refractivity contribution is 0.00578. The predicted molar refractivity (Wildman–Crippen MR) is 111 cm³/mol. The fraction of sp³-hybridized carbons (Fsp3) is 0.700. The van der Waals surface area contributed by atoms with Crippen LogP contribution in [0.25, 0.3) is 0 Å². The smallest absolute Gasteiger partial charge is 0.491 e. The quantitative estimate of drug-likeness (QED) is 0.544. The van der Waals surface area contributed by atoms with Crippen molar-refractivity contribution in [3.05, 3.63) is 24.3 Å². The fourth-order valence-corrected chi connectivity index (χ4v) is 3.40. The fourth-order valence-electron chi connectivity index (χ4n) is 2.37. The molecule has 0 spiro atoms. The summed E-state index contributed by atoms with van der Waals surface area (Å²) in [6.45, 7) is 20.7. The van der Waals surface area contributed by atoms with E-state index in [4.69, 9.17) is 18.5 Å². The van der Waals surface area contributed by atoms with E-state index in [1.807, 2.05) is 24.3 Å². The summed E-state index contributed by atoms with van der Waals surface area (Å²) in [5.41, 5.74) is 0.357. The van der Waals surface area contributed by atoms with Crippen molar-refractivity contribution in [2.24, 2.45) is 0 Å². The Kier molecular flexibility index (Phi) is 6.03. The minimum atomic E-state index is -1.71. The van der Waals surface area contributed by atoms with Crippen molar-refractivity contribution in [1.82, 2.24) is 0 Å². The van der Waals surface area contributed by atoms with Crippen LogP contribution in [-0.2, 0) is 13.7 Å². The van der Waals surface area contributed by atoms with Gasteiger partial charge in [0.05, 0.1) is 17.8 Å². The van der Waals surface area contributed by atoms with Crippen LogP contribution in [0.1, 0.15) is 48.5 Å². The molecule has 2 rings (SSSR count). The second-order valence-corrected chi connectivity index (χ2v) is 14.4. The van der Waals surface area contributed by atoms with Crippen LogP contribution in [0.2, 0.25) is 18.1 Å². The van der Waals surface area contributed by atoms with Gasteiger partial charge in [0.2, 0.25) is 0 Å². The third-order valence-electron chi connectivity index (χ3n) is 6.03. The van der Waals surface area contributed by atoms with Gasteiger partial charge in [-0.3, -0.25) is 0 Å². The van der Waals surface area contributed by atoms with Crippen LogP contribution in [0.5, 0.6) is 5.75 Å². The molecular weight excluding hydrogens is 343 g/mol. The highest BCUT2D eigenvalue weighted by Gasteiger charge is 2.51. The normalized spacial score (nSPS) is 19.7. The molecule has 0 atom stereocenters. The average Bonchev–Trinajstić information content (AvgIpc) is 2.71. The van der Waals surface area contributed by atoms with E-state index in [1.165, 1.54) is 0 Å². The highest BCUT2D eigenvalue weighted by Crippen LogP contribution is 2.37. The molecule has 1 fully saturated rings. The molecule has 0 N–H and O–H groups in total. The standard InChI is InChI=1S/C20H35BO4Si/c1-18(2,3)26(8,9)23-15-14-22-17-12-10-16(11-13-17)21-24-19(4,5)20(6,7)25-21/h10-13H,14-15H2,1-9H3. The van der Waals surface area contributed by atoms with Gasteiger partial charge in [0, 0.05) is 0 Å². The Hall–Kier alpha value is -0.818. The second-order valence-electron chi connectivity index (χ2n) is 9.61. The molecule has 146 valence electrons. The molecule has 1 aromatic carbocycles. The molecule has 0 amide bonds. The van der Waals surface area contributed by atoms with Gasteiger partial charge in [-0.05, 0) is 63.4 Å². The SMILES string of the molecule is CC1(C)OB(c2ccc(OCCO[Si](C)(C)C(C)(C)C)cc2)OC1(C)C. The van der Waals surface area contributed by atoms with Gasteiger partial charge in [-0.1, -0.05) is 32.9 Å². The molecule has 1 aromatic rings. The first kappa shape index (κ1) is 21.5. The van der Waals surface area contributed by atoms with Gasteiger partial charge < -0.3 is 18.5 Å². The second kappa shape index (κ2) is 7.30. The molecule has 6 heteroatoms. The van der Waals surface area contributed by atoms with E-state index < -0.39 is 8.32 Å². The Labute approximate surface area is 160 Å². The highest BCUT2D eigenvalue weighted by molar-refractivity contribution is 6.74. The molecule has 0 aliphatic carbocycles. The third kappa shape index (κ3) is 4.72. The van der Waals surface area contributed by atoms with Crippen LogP contribution in [0.4, 0.5) is 0 Å². The summed E-state index contributed by atoms with van der Waals surface area (Å²) >= 11 is 0. The Balaban J connectivity index is 1.85. The topological polar surface area (TPSA) is 36.9 Å². The van der Waals surface area contributed by atoms with Crippen molar-refractivity contribution in [2.45, 2.75) is 77.8 Å². The number of hydrogen-bond acceptors (Lipinski definition) is 4. The summed E-state index contributed by atoms with van der Waals surface area (Å²) in [7, 11) is -2.05. The maximum atomic E-state index is 6.14. The van der Waals surface area contributed by atoms with Gasteiger partial charge in [-0.15, -0.1) is 0 Å². The van der Waals surface area contributed by atoms with E-state index in [1.54, 1.807) is 0 Å². The molecule has 0 saturated carbocycles. The molecule has 0 aromatic heterocycles. The Morgan fingerprint density at radius 2 is 1.42 bits per heavy atom.